The predicted molar refractivity (Wildman–Crippen MR) is 84.7 cm³/mol. The van der Waals surface area contributed by atoms with Crippen molar-refractivity contribution in [3.63, 3.8) is 0 Å². The van der Waals surface area contributed by atoms with Gasteiger partial charge < -0.3 is 15.5 Å². The minimum atomic E-state index is 0.0319. The maximum Gasteiger partial charge on any atom is 0.225 e. The number of nitrogens with two attached hydrogens (primary N) is 1. The van der Waals surface area contributed by atoms with Crippen molar-refractivity contribution in [2.75, 3.05) is 26.2 Å². The Hall–Kier alpha value is -1.10. The molecule has 1 aliphatic heterocycles. The molecule has 1 aliphatic rings. The summed E-state index contributed by atoms with van der Waals surface area (Å²) in [5.41, 5.74) is 5.73. The molecule has 21 heavy (non-hydrogen) atoms. The number of hydrogen-bond acceptors (Lipinski definition) is 3. The second-order valence-electron chi connectivity index (χ2n) is 6.61. The normalized spacial score (nSPS) is 18.8. The van der Waals surface area contributed by atoms with Gasteiger partial charge in [0.25, 0.3) is 0 Å². The first kappa shape index (κ1) is 18.0. The highest BCUT2D eigenvalue weighted by molar-refractivity contribution is 5.80. The summed E-state index contributed by atoms with van der Waals surface area (Å²) in [5, 5.41) is 0. The van der Waals surface area contributed by atoms with Gasteiger partial charge in [-0.15, -0.1) is 0 Å². The first-order valence-corrected chi connectivity index (χ1v) is 8.16. The molecule has 5 heteroatoms. The van der Waals surface area contributed by atoms with Crippen LogP contribution in [0.2, 0.25) is 0 Å². The van der Waals surface area contributed by atoms with Gasteiger partial charge in [0.2, 0.25) is 11.8 Å². The van der Waals surface area contributed by atoms with Crippen LogP contribution >= 0.6 is 0 Å². The second kappa shape index (κ2) is 8.37. The number of hydrogen-bond donors (Lipinski definition) is 1. The Bertz CT molecular complexity index is 347. The fourth-order valence-corrected chi connectivity index (χ4v) is 2.69. The number of rotatable bonds is 6. The van der Waals surface area contributed by atoms with Crippen LogP contribution in [0.25, 0.3) is 0 Å². The molecule has 2 amide bonds. The average Bonchev–Trinajstić information content (AvgIpc) is 2.45. The van der Waals surface area contributed by atoms with E-state index in [0.717, 1.165) is 19.3 Å². The van der Waals surface area contributed by atoms with Crippen molar-refractivity contribution in [1.82, 2.24) is 9.80 Å². The number of carbonyl (C=O) groups excluding carboxylic acids is 2. The van der Waals surface area contributed by atoms with E-state index in [1.807, 2.05) is 37.5 Å². The molecule has 122 valence electrons. The van der Waals surface area contributed by atoms with E-state index in [0.29, 0.717) is 26.2 Å². The van der Waals surface area contributed by atoms with Crippen molar-refractivity contribution in [2.24, 2.45) is 17.6 Å². The molecule has 2 N–H and O–H groups in total. The van der Waals surface area contributed by atoms with E-state index in [1.165, 1.54) is 0 Å². The number of amides is 2. The van der Waals surface area contributed by atoms with Gasteiger partial charge in [-0.05, 0) is 19.8 Å². The van der Waals surface area contributed by atoms with Crippen LogP contribution in [0, 0.1) is 11.8 Å². The highest BCUT2D eigenvalue weighted by atomic mass is 16.2. The first-order chi connectivity index (χ1) is 9.82. The third-order valence-corrected chi connectivity index (χ3v) is 4.12. The van der Waals surface area contributed by atoms with Crippen molar-refractivity contribution >= 4 is 11.8 Å². The van der Waals surface area contributed by atoms with E-state index >= 15 is 0 Å². The van der Waals surface area contributed by atoms with Gasteiger partial charge in [0.1, 0.15) is 0 Å². The third-order valence-electron chi connectivity index (χ3n) is 4.12. The molecular formula is C16H31N3O2. The number of nitrogens with zero attached hydrogens (tertiary/aromatic N) is 2. The summed E-state index contributed by atoms with van der Waals surface area (Å²) in [7, 11) is 0. The molecule has 1 fully saturated rings. The standard InChI is InChI=1S/C16H31N3O2/c1-12(2)15(20)18-8-10-19(11-9-18)16(21)13(3)6-5-7-14(4)17/h12-14H,5-11,17H2,1-4H3. The fourth-order valence-electron chi connectivity index (χ4n) is 2.69. The fraction of sp³-hybridized carbons (Fsp3) is 0.875. The van der Waals surface area contributed by atoms with E-state index in [-0.39, 0.29) is 29.7 Å². The van der Waals surface area contributed by atoms with Gasteiger partial charge in [-0.2, -0.15) is 0 Å². The van der Waals surface area contributed by atoms with Crippen LogP contribution < -0.4 is 5.73 Å². The molecule has 2 unspecified atom stereocenters. The lowest BCUT2D eigenvalue weighted by atomic mass is 10.0. The van der Waals surface area contributed by atoms with E-state index in [4.69, 9.17) is 5.73 Å². The maximum absolute atomic E-state index is 12.4. The zero-order valence-electron chi connectivity index (χ0n) is 14.0. The van der Waals surface area contributed by atoms with E-state index in [9.17, 15) is 9.59 Å². The van der Waals surface area contributed by atoms with Gasteiger partial charge >= 0.3 is 0 Å². The van der Waals surface area contributed by atoms with E-state index in [2.05, 4.69) is 0 Å². The van der Waals surface area contributed by atoms with Crippen LogP contribution in [-0.4, -0.2) is 53.8 Å². The van der Waals surface area contributed by atoms with Crippen LogP contribution in [0.5, 0.6) is 0 Å². The summed E-state index contributed by atoms with van der Waals surface area (Å²) in [6.07, 6.45) is 2.86. The highest BCUT2D eigenvalue weighted by Gasteiger charge is 2.27. The van der Waals surface area contributed by atoms with Gasteiger partial charge in [-0.25, -0.2) is 0 Å². The lowest BCUT2D eigenvalue weighted by molar-refractivity contribution is -0.143. The molecule has 2 atom stereocenters. The van der Waals surface area contributed by atoms with E-state index in [1.54, 1.807) is 0 Å². The molecule has 0 aromatic heterocycles. The molecule has 0 aliphatic carbocycles. The molecule has 0 aromatic carbocycles. The third kappa shape index (κ3) is 5.65. The summed E-state index contributed by atoms with van der Waals surface area (Å²) < 4.78 is 0. The average molecular weight is 297 g/mol. The Morgan fingerprint density at radius 3 is 1.81 bits per heavy atom. The van der Waals surface area contributed by atoms with Crippen LogP contribution in [0.15, 0.2) is 0 Å². The number of carbonyl (C=O) groups is 2. The van der Waals surface area contributed by atoms with Gasteiger partial charge in [0.05, 0.1) is 0 Å². The lowest BCUT2D eigenvalue weighted by Gasteiger charge is -2.36. The molecular weight excluding hydrogens is 266 g/mol. The maximum atomic E-state index is 12.4. The summed E-state index contributed by atoms with van der Waals surface area (Å²) in [6.45, 7) is 10.5. The Labute approximate surface area is 128 Å². The quantitative estimate of drug-likeness (QED) is 0.807. The van der Waals surface area contributed by atoms with Crippen LogP contribution in [0.4, 0.5) is 0 Å². The zero-order chi connectivity index (χ0) is 16.0. The van der Waals surface area contributed by atoms with Crippen LogP contribution in [0.1, 0.15) is 47.0 Å². The van der Waals surface area contributed by atoms with Crippen molar-refractivity contribution in [3.05, 3.63) is 0 Å². The monoisotopic (exact) mass is 297 g/mol. The molecule has 1 saturated heterocycles. The topological polar surface area (TPSA) is 66.6 Å². The van der Waals surface area contributed by atoms with Crippen molar-refractivity contribution in [2.45, 2.75) is 53.0 Å². The van der Waals surface area contributed by atoms with Crippen LogP contribution in [-0.2, 0) is 9.59 Å². The summed E-state index contributed by atoms with van der Waals surface area (Å²) in [5.74, 6) is 0.490. The Balaban J connectivity index is 2.36. The molecule has 0 saturated carbocycles. The van der Waals surface area contributed by atoms with E-state index < -0.39 is 0 Å². The Morgan fingerprint density at radius 1 is 0.905 bits per heavy atom. The van der Waals surface area contributed by atoms with Gasteiger partial charge in [0, 0.05) is 44.1 Å². The molecule has 0 bridgehead atoms. The van der Waals surface area contributed by atoms with Crippen molar-refractivity contribution in [3.8, 4) is 0 Å². The van der Waals surface area contributed by atoms with Gasteiger partial charge in [-0.3, -0.25) is 9.59 Å². The highest BCUT2D eigenvalue weighted by Crippen LogP contribution is 2.15. The minimum Gasteiger partial charge on any atom is -0.339 e. The Morgan fingerprint density at radius 2 is 1.38 bits per heavy atom. The lowest BCUT2D eigenvalue weighted by Crippen LogP contribution is -2.52. The largest absolute Gasteiger partial charge is 0.339 e. The molecule has 1 rings (SSSR count). The predicted octanol–water partition coefficient (Wildman–Crippen LogP) is 1.47. The molecule has 1 heterocycles. The second-order valence-corrected chi connectivity index (χ2v) is 6.61. The van der Waals surface area contributed by atoms with Gasteiger partial charge in [-0.1, -0.05) is 27.2 Å². The molecule has 0 radical (unpaired) electrons. The summed E-state index contributed by atoms with van der Waals surface area (Å²) in [4.78, 5) is 28.1. The molecule has 0 aromatic rings. The minimum absolute atomic E-state index is 0.0319. The van der Waals surface area contributed by atoms with Crippen molar-refractivity contribution < 1.29 is 9.59 Å². The molecule has 0 spiro atoms. The zero-order valence-corrected chi connectivity index (χ0v) is 14.0. The smallest absolute Gasteiger partial charge is 0.225 e. The van der Waals surface area contributed by atoms with Crippen LogP contribution in [0.3, 0.4) is 0 Å². The summed E-state index contributed by atoms with van der Waals surface area (Å²) in [6, 6.07) is 0.206. The molecule has 5 nitrogen and oxygen atoms in total. The first-order valence-electron chi connectivity index (χ1n) is 8.16. The van der Waals surface area contributed by atoms with Crippen molar-refractivity contribution in [1.29, 1.82) is 0 Å². The summed E-state index contributed by atoms with van der Waals surface area (Å²) >= 11 is 0. The Kier molecular flexibility index (Phi) is 7.15. The number of piperazine rings is 1. The SMILES string of the molecule is CC(N)CCCC(C)C(=O)N1CCN(C(=O)C(C)C)CC1. The van der Waals surface area contributed by atoms with Gasteiger partial charge in [0.15, 0.2) is 0 Å².